The zero-order valence-electron chi connectivity index (χ0n) is 15.9. The third kappa shape index (κ3) is 3.42. The molecule has 1 N–H and O–H groups in total. The van der Waals surface area contributed by atoms with Crippen LogP contribution in [-0.4, -0.2) is 38.2 Å². The van der Waals surface area contributed by atoms with Gasteiger partial charge in [0, 0.05) is 35.8 Å². The number of carbonyl (C=O) groups is 2. The van der Waals surface area contributed by atoms with Crippen LogP contribution in [0.15, 0.2) is 61.1 Å². The molecular weight excluding hydrogens is 398 g/mol. The Morgan fingerprint density at radius 2 is 1.93 bits per heavy atom. The summed E-state index contributed by atoms with van der Waals surface area (Å²) < 4.78 is 0. The summed E-state index contributed by atoms with van der Waals surface area (Å²) >= 11 is 1.39. The minimum absolute atomic E-state index is 0.0102. The highest BCUT2D eigenvalue weighted by Gasteiger charge is 2.26. The van der Waals surface area contributed by atoms with E-state index in [9.17, 15) is 9.59 Å². The van der Waals surface area contributed by atoms with Gasteiger partial charge in [-0.15, -0.1) is 0 Å². The van der Waals surface area contributed by atoms with E-state index in [4.69, 9.17) is 0 Å². The summed E-state index contributed by atoms with van der Waals surface area (Å²) in [5.41, 5.74) is 1.87. The molecule has 0 saturated carbocycles. The summed E-state index contributed by atoms with van der Waals surface area (Å²) in [6, 6.07) is 13.7. The van der Waals surface area contributed by atoms with Crippen molar-refractivity contribution < 1.29 is 9.59 Å². The number of benzene rings is 2. The van der Waals surface area contributed by atoms with Crippen molar-refractivity contribution in [3.8, 4) is 0 Å². The highest BCUT2D eigenvalue weighted by atomic mass is 32.1. The third-order valence-electron chi connectivity index (χ3n) is 5.05. The van der Waals surface area contributed by atoms with Gasteiger partial charge in [0.1, 0.15) is 5.69 Å². The maximum Gasteiger partial charge on any atom is 0.277 e. The number of thiazole rings is 1. The fourth-order valence-corrected chi connectivity index (χ4v) is 4.60. The molecule has 7 nitrogen and oxygen atoms in total. The highest BCUT2D eigenvalue weighted by Crippen LogP contribution is 2.30. The molecule has 0 unspecified atom stereocenters. The van der Waals surface area contributed by atoms with E-state index < -0.39 is 0 Å². The number of nitrogens with one attached hydrogen (secondary N) is 1. The Kier molecular flexibility index (Phi) is 4.68. The van der Waals surface area contributed by atoms with Crippen LogP contribution in [0.2, 0.25) is 0 Å². The molecule has 30 heavy (non-hydrogen) atoms. The molecule has 0 bridgehead atoms. The number of nitrogens with zero attached hydrogens (tertiary/aromatic N) is 4. The van der Waals surface area contributed by atoms with Gasteiger partial charge in [-0.2, -0.15) is 0 Å². The molecule has 3 heterocycles. The van der Waals surface area contributed by atoms with E-state index in [1.807, 2.05) is 47.4 Å². The maximum absolute atomic E-state index is 13.2. The molecule has 0 radical (unpaired) electrons. The lowest BCUT2D eigenvalue weighted by molar-refractivity contribution is 0.0738. The third-order valence-corrected chi connectivity index (χ3v) is 6.05. The molecule has 2 aromatic heterocycles. The van der Waals surface area contributed by atoms with Crippen LogP contribution in [-0.2, 0) is 13.0 Å². The summed E-state index contributed by atoms with van der Waals surface area (Å²) in [5.74, 6) is -0.339. The van der Waals surface area contributed by atoms with E-state index >= 15 is 0 Å². The van der Waals surface area contributed by atoms with Crippen LogP contribution in [0.25, 0.3) is 10.8 Å². The van der Waals surface area contributed by atoms with Crippen LogP contribution in [0.1, 0.15) is 31.4 Å². The first-order chi connectivity index (χ1) is 14.7. The molecule has 0 atom stereocenters. The maximum atomic E-state index is 13.2. The van der Waals surface area contributed by atoms with Gasteiger partial charge in [-0.3, -0.25) is 19.9 Å². The Hall–Kier alpha value is -3.65. The molecule has 1 aliphatic rings. The molecule has 5 rings (SSSR count). The Labute approximate surface area is 176 Å². The van der Waals surface area contributed by atoms with Gasteiger partial charge in [-0.1, -0.05) is 47.7 Å². The number of aromatic nitrogens is 3. The molecule has 0 spiro atoms. The van der Waals surface area contributed by atoms with Crippen molar-refractivity contribution in [2.45, 2.75) is 13.0 Å². The van der Waals surface area contributed by atoms with Crippen LogP contribution >= 0.6 is 11.3 Å². The quantitative estimate of drug-likeness (QED) is 0.553. The fourth-order valence-electron chi connectivity index (χ4n) is 3.58. The van der Waals surface area contributed by atoms with E-state index in [2.05, 4.69) is 20.3 Å². The van der Waals surface area contributed by atoms with Gasteiger partial charge in [0.25, 0.3) is 11.8 Å². The number of hydrogen-bond donors (Lipinski definition) is 1. The number of rotatable bonds is 3. The van der Waals surface area contributed by atoms with Gasteiger partial charge >= 0.3 is 0 Å². The predicted molar refractivity (Wildman–Crippen MR) is 114 cm³/mol. The van der Waals surface area contributed by atoms with Crippen LogP contribution in [0.5, 0.6) is 0 Å². The first-order valence-electron chi connectivity index (χ1n) is 9.52. The van der Waals surface area contributed by atoms with Crippen molar-refractivity contribution in [1.29, 1.82) is 0 Å². The predicted octanol–water partition coefficient (Wildman–Crippen LogP) is 3.54. The van der Waals surface area contributed by atoms with Crippen molar-refractivity contribution >= 4 is 39.1 Å². The van der Waals surface area contributed by atoms with Crippen LogP contribution < -0.4 is 5.32 Å². The van der Waals surface area contributed by atoms with Crippen molar-refractivity contribution in [2.24, 2.45) is 0 Å². The van der Waals surface area contributed by atoms with Crippen LogP contribution in [0, 0.1) is 0 Å². The molecular formula is C22H17N5O2S. The average molecular weight is 415 g/mol. The number of fused-ring (bicyclic) bond motifs is 2. The van der Waals surface area contributed by atoms with Crippen molar-refractivity contribution in [2.75, 3.05) is 11.9 Å². The van der Waals surface area contributed by atoms with E-state index in [0.29, 0.717) is 30.2 Å². The minimum atomic E-state index is -0.349. The molecule has 148 valence electrons. The molecule has 1 aliphatic heterocycles. The lowest BCUT2D eigenvalue weighted by Gasteiger charge is -2.26. The molecule has 4 aromatic rings. The summed E-state index contributed by atoms with van der Waals surface area (Å²) in [7, 11) is 0. The zero-order valence-corrected chi connectivity index (χ0v) is 16.7. The van der Waals surface area contributed by atoms with E-state index in [-0.39, 0.29) is 17.5 Å². The van der Waals surface area contributed by atoms with Gasteiger partial charge in [0.05, 0.1) is 18.4 Å². The average Bonchev–Trinajstić information content (AvgIpc) is 3.20. The lowest BCUT2D eigenvalue weighted by Crippen LogP contribution is -2.35. The fraction of sp³-hybridized carbons (Fsp3) is 0.136. The van der Waals surface area contributed by atoms with Gasteiger partial charge in [-0.25, -0.2) is 9.97 Å². The number of amides is 2. The first kappa shape index (κ1) is 18.4. The second-order valence-electron chi connectivity index (χ2n) is 6.94. The van der Waals surface area contributed by atoms with E-state index in [0.717, 1.165) is 21.3 Å². The second kappa shape index (κ2) is 7.64. The van der Waals surface area contributed by atoms with Crippen LogP contribution in [0.4, 0.5) is 5.13 Å². The monoisotopic (exact) mass is 415 g/mol. The number of hydrogen-bond acceptors (Lipinski definition) is 6. The first-order valence-corrected chi connectivity index (χ1v) is 10.3. The summed E-state index contributed by atoms with van der Waals surface area (Å²) in [6.45, 7) is 1.08. The number of carbonyl (C=O) groups excluding carboxylic acids is 2. The molecule has 0 aliphatic carbocycles. The largest absolute Gasteiger partial charge is 0.333 e. The van der Waals surface area contributed by atoms with Gasteiger partial charge in [0.15, 0.2) is 5.13 Å². The van der Waals surface area contributed by atoms with Crippen molar-refractivity contribution in [3.05, 3.63) is 82.9 Å². The number of anilines is 1. The highest BCUT2D eigenvalue weighted by molar-refractivity contribution is 7.15. The topological polar surface area (TPSA) is 88.1 Å². The summed E-state index contributed by atoms with van der Waals surface area (Å²) in [5, 5.41) is 5.29. The normalized spacial score (nSPS) is 13.1. The Bertz CT molecular complexity index is 1250. The molecule has 0 saturated heterocycles. The van der Waals surface area contributed by atoms with Crippen molar-refractivity contribution in [1.82, 2.24) is 19.9 Å². The second-order valence-corrected chi connectivity index (χ2v) is 8.02. The molecule has 8 heteroatoms. The summed E-state index contributed by atoms with van der Waals surface area (Å²) in [4.78, 5) is 40.8. The van der Waals surface area contributed by atoms with E-state index in [1.165, 1.54) is 29.9 Å². The van der Waals surface area contributed by atoms with Gasteiger partial charge in [-0.05, 0) is 16.8 Å². The lowest BCUT2D eigenvalue weighted by atomic mass is 10.0. The van der Waals surface area contributed by atoms with Gasteiger partial charge < -0.3 is 4.90 Å². The smallest absolute Gasteiger partial charge is 0.277 e. The van der Waals surface area contributed by atoms with Crippen molar-refractivity contribution in [3.63, 3.8) is 0 Å². The Balaban J connectivity index is 1.35. The summed E-state index contributed by atoms with van der Waals surface area (Å²) in [6.07, 6.45) is 5.05. The molecule has 0 fully saturated rings. The van der Waals surface area contributed by atoms with Gasteiger partial charge in [0.2, 0.25) is 0 Å². The zero-order chi connectivity index (χ0) is 20.5. The molecule has 2 aromatic carbocycles. The minimum Gasteiger partial charge on any atom is -0.333 e. The SMILES string of the molecule is O=C(Nc1nc2c(s1)CN(C(=O)c1cccc3ccccc13)CC2)c1cnccn1. The van der Waals surface area contributed by atoms with E-state index in [1.54, 1.807) is 0 Å². The Morgan fingerprint density at radius 3 is 2.80 bits per heavy atom. The molecule has 2 amide bonds. The van der Waals surface area contributed by atoms with Crippen LogP contribution in [0.3, 0.4) is 0 Å². The Morgan fingerprint density at radius 1 is 1.07 bits per heavy atom. The standard InChI is InChI=1S/C22H17N5O2S/c28-20(18-12-23-9-10-24-18)26-22-25-17-8-11-27(13-19(17)30-22)21(29)16-7-3-5-14-4-1-2-6-15(14)16/h1-7,9-10,12H,8,11,13H2,(H,25,26,28).